The van der Waals surface area contributed by atoms with Crippen molar-refractivity contribution in [3.8, 4) is 0 Å². The highest BCUT2D eigenvalue weighted by Crippen LogP contribution is 2.69. The van der Waals surface area contributed by atoms with Gasteiger partial charge < -0.3 is 19.7 Å². The molecule has 0 radical (unpaired) electrons. The van der Waals surface area contributed by atoms with E-state index in [4.69, 9.17) is 0 Å². The average Bonchev–Trinajstić information content (AvgIpc) is 3.32. The van der Waals surface area contributed by atoms with E-state index in [0.717, 1.165) is 37.7 Å². The Bertz CT molecular complexity index is 1130. The van der Waals surface area contributed by atoms with Gasteiger partial charge in [0, 0.05) is 13.6 Å². The van der Waals surface area contributed by atoms with Crippen LogP contribution in [0.1, 0.15) is 112 Å². The lowest BCUT2D eigenvalue weighted by Crippen LogP contribution is -2.62. The predicted molar refractivity (Wildman–Crippen MR) is 175 cm³/mol. The van der Waals surface area contributed by atoms with Crippen molar-refractivity contribution in [3.05, 3.63) is 29.8 Å². The number of benzene rings is 1. The van der Waals surface area contributed by atoms with Crippen molar-refractivity contribution in [2.24, 2.45) is 52.3 Å². The molecule has 4 aliphatic carbocycles. The second kappa shape index (κ2) is 12.3. The number of carbonyl (C=O) groups is 1. The van der Waals surface area contributed by atoms with Gasteiger partial charge in [0.25, 0.3) is 0 Å². The number of nitrogens with zero attached hydrogens (tertiary/aromatic N) is 1. The Morgan fingerprint density at radius 1 is 1.02 bits per heavy atom. The molecule has 1 aromatic carbocycles. The summed E-state index contributed by atoms with van der Waals surface area (Å²) in [6, 6.07) is 7.64. The molecule has 0 spiro atoms. The molecule has 5 unspecified atom stereocenters. The van der Waals surface area contributed by atoms with Crippen molar-refractivity contribution < 1.29 is 19.6 Å². The van der Waals surface area contributed by atoms with Crippen molar-refractivity contribution in [2.75, 3.05) is 13.6 Å². The van der Waals surface area contributed by atoms with Crippen LogP contribution in [-0.2, 0) is 16.6 Å². The molecule has 12 atom stereocenters. The Morgan fingerprint density at radius 3 is 2.28 bits per heavy atom. The lowest BCUT2D eigenvalue weighted by Gasteiger charge is -2.64. The number of hydrogen-bond donors (Lipinski definition) is 2. The minimum absolute atomic E-state index is 0.0126. The summed E-state index contributed by atoms with van der Waals surface area (Å²) in [4.78, 5) is 15.4. The van der Waals surface area contributed by atoms with Gasteiger partial charge in [-0.25, -0.2) is 4.79 Å². The zero-order valence-electron chi connectivity index (χ0n) is 28.1. The van der Waals surface area contributed by atoms with E-state index in [9.17, 15) is 19.6 Å². The SMILES string of the molecule is CC[C@@H]1C2C[C@H](O)CC[C@@]2(C)[C@H]2CCC3(C)C([C@H](C)CCN(C)C(=O)[S+]([O-])c4ccc(C(C)(C)C)cc4)CC[C@H]3C2[C@@H]1O. The molecule has 4 aliphatic rings. The van der Waals surface area contributed by atoms with Crippen LogP contribution < -0.4 is 0 Å². The van der Waals surface area contributed by atoms with Gasteiger partial charge in [0.1, 0.15) is 0 Å². The van der Waals surface area contributed by atoms with Crippen LogP contribution in [0.25, 0.3) is 0 Å². The van der Waals surface area contributed by atoms with Gasteiger partial charge >= 0.3 is 5.24 Å². The lowest BCUT2D eigenvalue weighted by atomic mass is 9.41. The summed E-state index contributed by atoms with van der Waals surface area (Å²) < 4.78 is 13.1. The van der Waals surface area contributed by atoms with Crippen molar-refractivity contribution in [3.63, 3.8) is 0 Å². The zero-order chi connectivity index (χ0) is 31.5. The van der Waals surface area contributed by atoms with Crippen LogP contribution in [0.3, 0.4) is 0 Å². The summed E-state index contributed by atoms with van der Waals surface area (Å²) in [6.07, 6.45) is 9.05. The topological polar surface area (TPSA) is 83.8 Å². The minimum Gasteiger partial charge on any atom is -0.603 e. The molecule has 0 saturated heterocycles. The molecule has 4 saturated carbocycles. The fourth-order valence-corrected chi connectivity index (χ4v) is 11.9. The molecule has 242 valence electrons. The van der Waals surface area contributed by atoms with Crippen LogP contribution in [0, 0.1) is 52.3 Å². The summed E-state index contributed by atoms with van der Waals surface area (Å²) in [7, 11) is 1.79. The number of hydrogen-bond acceptors (Lipinski definition) is 4. The van der Waals surface area contributed by atoms with Gasteiger partial charge in [0.15, 0.2) is 4.90 Å². The summed E-state index contributed by atoms with van der Waals surface area (Å²) in [5, 5.41) is 22.2. The van der Waals surface area contributed by atoms with E-state index in [1.54, 1.807) is 11.9 Å². The molecule has 6 heteroatoms. The molecule has 0 bridgehead atoms. The molecular formula is C37H59NO4S. The maximum Gasteiger partial charge on any atom is 0.435 e. The van der Waals surface area contributed by atoms with E-state index in [0.29, 0.717) is 46.9 Å². The van der Waals surface area contributed by atoms with Gasteiger partial charge in [-0.15, -0.1) is 0 Å². The van der Waals surface area contributed by atoms with E-state index in [1.807, 2.05) is 24.3 Å². The Hall–Kier alpha value is -1.08. The molecular weight excluding hydrogens is 554 g/mol. The standard InChI is InChI=1S/C37H59NO4S/c1-9-27-31-22-25(39)16-19-37(31,7)30-17-20-36(6)28(14-15-29(36)32(30)33(27)40)23(2)18-21-38(8)34(41)43(42)26-12-10-24(11-13-26)35(3,4)5/h10-13,23,25,27-33,39-40H,9,14-22H2,1-8H3/t23-,25-,27-,28?,29+,30+,31?,32?,33-,36?,37+,43?/m1/s1. The fourth-order valence-electron chi connectivity index (χ4n) is 10.9. The molecule has 0 aromatic heterocycles. The van der Waals surface area contributed by atoms with Gasteiger partial charge in [-0.1, -0.05) is 67.0 Å². The molecule has 4 fully saturated rings. The Labute approximate surface area is 264 Å². The quantitative estimate of drug-likeness (QED) is 0.321. The fraction of sp³-hybridized carbons (Fsp3) is 0.811. The Kier molecular flexibility index (Phi) is 9.49. The Morgan fingerprint density at radius 2 is 1.65 bits per heavy atom. The predicted octanol–water partition coefficient (Wildman–Crippen LogP) is 7.80. The third-order valence-electron chi connectivity index (χ3n) is 13.5. The zero-order valence-corrected chi connectivity index (χ0v) is 29.0. The molecule has 5 nitrogen and oxygen atoms in total. The van der Waals surface area contributed by atoms with Crippen molar-refractivity contribution in [1.29, 1.82) is 0 Å². The molecule has 2 N–H and O–H groups in total. The molecule has 5 rings (SSSR count). The molecule has 0 aliphatic heterocycles. The van der Waals surface area contributed by atoms with Crippen LogP contribution in [0.5, 0.6) is 0 Å². The third-order valence-corrected chi connectivity index (χ3v) is 14.8. The number of amides is 1. The van der Waals surface area contributed by atoms with Gasteiger partial charge in [0.2, 0.25) is 0 Å². The number of aliphatic hydroxyl groups excluding tert-OH is 2. The number of aliphatic hydroxyl groups is 2. The van der Waals surface area contributed by atoms with Crippen LogP contribution in [0.15, 0.2) is 29.2 Å². The van der Waals surface area contributed by atoms with Gasteiger partial charge in [-0.2, -0.15) is 0 Å². The van der Waals surface area contributed by atoms with Gasteiger partial charge in [-0.3, -0.25) is 0 Å². The van der Waals surface area contributed by atoms with Gasteiger partial charge in [0.05, 0.1) is 23.4 Å². The molecule has 1 amide bonds. The van der Waals surface area contributed by atoms with Crippen molar-refractivity contribution in [1.82, 2.24) is 4.90 Å². The monoisotopic (exact) mass is 613 g/mol. The first kappa shape index (κ1) is 33.3. The maximum atomic E-state index is 13.2. The largest absolute Gasteiger partial charge is 0.603 e. The van der Waals surface area contributed by atoms with Crippen LogP contribution in [0.2, 0.25) is 0 Å². The lowest BCUT2D eigenvalue weighted by molar-refractivity contribution is -0.203. The number of carbonyl (C=O) groups excluding carboxylic acids is 1. The summed E-state index contributed by atoms with van der Waals surface area (Å²) >= 11 is -1.70. The smallest absolute Gasteiger partial charge is 0.435 e. The van der Waals surface area contributed by atoms with E-state index in [1.165, 1.54) is 25.7 Å². The van der Waals surface area contributed by atoms with Crippen LogP contribution in [0.4, 0.5) is 4.79 Å². The van der Waals surface area contributed by atoms with Crippen LogP contribution >= 0.6 is 0 Å². The normalized spacial score (nSPS) is 40.6. The highest BCUT2D eigenvalue weighted by atomic mass is 32.2. The van der Waals surface area contributed by atoms with Crippen LogP contribution in [-0.4, -0.2) is 50.7 Å². The van der Waals surface area contributed by atoms with Crippen molar-refractivity contribution in [2.45, 2.75) is 129 Å². The minimum atomic E-state index is -1.70. The first-order valence-corrected chi connectivity index (χ1v) is 18.4. The molecule has 43 heavy (non-hydrogen) atoms. The summed E-state index contributed by atoms with van der Waals surface area (Å²) in [5.41, 5.74) is 1.61. The molecule has 1 aromatic rings. The first-order valence-electron chi connectivity index (χ1n) is 17.3. The van der Waals surface area contributed by atoms with Crippen molar-refractivity contribution >= 4 is 16.4 Å². The second-order valence-corrected chi connectivity index (χ2v) is 18.0. The number of rotatable bonds is 6. The summed E-state index contributed by atoms with van der Waals surface area (Å²) in [5.74, 6) is 3.17. The Balaban J connectivity index is 1.24. The third kappa shape index (κ3) is 5.85. The summed E-state index contributed by atoms with van der Waals surface area (Å²) in [6.45, 7) is 16.7. The van der Waals surface area contributed by atoms with Gasteiger partial charge in [-0.05, 0) is 127 Å². The highest BCUT2D eigenvalue weighted by molar-refractivity contribution is 8.06. The number of fused-ring (bicyclic) bond motifs is 5. The van der Waals surface area contributed by atoms with E-state index < -0.39 is 11.2 Å². The first-order chi connectivity index (χ1) is 20.1. The van der Waals surface area contributed by atoms with E-state index in [2.05, 4.69) is 48.5 Å². The average molecular weight is 614 g/mol. The maximum absolute atomic E-state index is 13.2. The second-order valence-electron chi connectivity index (χ2n) is 16.6. The van der Waals surface area contributed by atoms with E-state index >= 15 is 0 Å². The van der Waals surface area contributed by atoms with E-state index in [-0.39, 0.29) is 39.6 Å². The highest BCUT2D eigenvalue weighted by Gasteiger charge is 2.64. The molecule has 0 heterocycles.